The number of aromatic nitrogens is 1. The molecule has 4 nitrogen and oxygen atoms in total. The van der Waals surface area contributed by atoms with Crippen molar-refractivity contribution in [2.75, 3.05) is 0 Å². The van der Waals surface area contributed by atoms with Gasteiger partial charge in [0.05, 0.1) is 12.3 Å². The van der Waals surface area contributed by atoms with Crippen LogP contribution in [0.5, 0.6) is 0 Å². The fourth-order valence-corrected chi connectivity index (χ4v) is 3.14. The Bertz CT molecular complexity index is 559. The van der Waals surface area contributed by atoms with Gasteiger partial charge in [0, 0.05) is 12.4 Å². The van der Waals surface area contributed by atoms with Crippen molar-refractivity contribution in [1.29, 1.82) is 0 Å². The maximum atomic E-state index is 12.1. The standard InChI is InChI=1S/C14H16NO3P/c1-12(14-8-5-9-15-10-14)18-19(16,17)11-13-6-3-2-4-7-13/h2-10,12H,11H2,1H3,(H,16,17). The average molecular weight is 277 g/mol. The molecule has 19 heavy (non-hydrogen) atoms. The Balaban J connectivity index is 2.03. The molecule has 0 aliphatic rings. The fraction of sp³-hybridized carbons (Fsp3) is 0.214. The summed E-state index contributed by atoms with van der Waals surface area (Å²) < 4.78 is 17.4. The van der Waals surface area contributed by atoms with E-state index < -0.39 is 13.7 Å². The van der Waals surface area contributed by atoms with Gasteiger partial charge in [0.25, 0.3) is 0 Å². The zero-order chi connectivity index (χ0) is 13.7. The molecule has 0 bridgehead atoms. The van der Waals surface area contributed by atoms with Crippen LogP contribution in [0.25, 0.3) is 0 Å². The predicted octanol–water partition coefficient (Wildman–Crippen LogP) is 3.54. The summed E-state index contributed by atoms with van der Waals surface area (Å²) in [6, 6.07) is 12.7. The third kappa shape index (κ3) is 4.28. The summed E-state index contributed by atoms with van der Waals surface area (Å²) in [6.45, 7) is 1.74. The Morgan fingerprint density at radius 1 is 1.26 bits per heavy atom. The zero-order valence-electron chi connectivity index (χ0n) is 10.6. The van der Waals surface area contributed by atoms with Crippen molar-refractivity contribution < 1.29 is 14.0 Å². The van der Waals surface area contributed by atoms with Crippen LogP contribution < -0.4 is 0 Å². The molecule has 0 spiro atoms. The first-order chi connectivity index (χ1) is 9.07. The molecule has 1 N–H and O–H groups in total. The third-order valence-electron chi connectivity index (χ3n) is 2.70. The monoisotopic (exact) mass is 277 g/mol. The Kier molecular flexibility index (Phi) is 4.48. The topological polar surface area (TPSA) is 59.4 Å². The molecule has 2 atom stereocenters. The molecule has 1 aromatic carbocycles. The van der Waals surface area contributed by atoms with E-state index in [1.807, 2.05) is 24.3 Å². The largest absolute Gasteiger partial charge is 0.333 e. The van der Waals surface area contributed by atoms with Crippen LogP contribution in [0.1, 0.15) is 24.2 Å². The molecule has 0 aliphatic heterocycles. The minimum Gasteiger partial charge on any atom is -0.324 e. The van der Waals surface area contributed by atoms with Gasteiger partial charge in [-0.15, -0.1) is 0 Å². The van der Waals surface area contributed by atoms with Crippen molar-refractivity contribution >= 4 is 7.60 Å². The summed E-state index contributed by atoms with van der Waals surface area (Å²) in [6.07, 6.45) is 2.83. The van der Waals surface area contributed by atoms with E-state index in [0.29, 0.717) is 0 Å². The van der Waals surface area contributed by atoms with Crippen LogP contribution in [0.3, 0.4) is 0 Å². The van der Waals surface area contributed by atoms with Gasteiger partial charge in [-0.2, -0.15) is 0 Å². The number of benzene rings is 1. The van der Waals surface area contributed by atoms with Crippen molar-refractivity contribution in [3.05, 3.63) is 66.0 Å². The van der Waals surface area contributed by atoms with Gasteiger partial charge in [-0.05, 0) is 24.1 Å². The molecule has 1 heterocycles. The van der Waals surface area contributed by atoms with Gasteiger partial charge >= 0.3 is 7.60 Å². The van der Waals surface area contributed by atoms with Gasteiger partial charge in [-0.1, -0.05) is 36.4 Å². The molecule has 0 saturated heterocycles. The molecule has 0 radical (unpaired) electrons. The van der Waals surface area contributed by atoms with E-state index in [1.165, 1.54) is 0 Å². The van der Waals surface area contributed by atoms with E-state index in [4.69, 9.17) is 4.52 Å². The van der Waals surface area contributed by atoms with Crippen LogP contribution in [0, 0.1) is 0 Å². The summed E-state index contributed by atoms with van der Waals surface area (Å²) in [5.41, 5.74) is 1.57. The van der Waals surface area contributed by atoms with Gasteiger partial charge < -0.3 is 9.42 Å². The van der Waals surface area contributed by atoms with Crippen LogP contribution in [0.4, 0.5) is 0 Å². The summed E-state index contributed by atoms with van der Waals surface area (Å²) in [7, 11) is -3.66. The van der Waals surface area contributed by atoms with E-state index >= 15 is 0 Å². The summed E-state index contributed by atoms with van der Waals surface area (Å²) in [4.78, 5) is 13.9. The maximum absolute atomic E-state index is 12.1. The van der Waals surface area contributed by atoms with Crippen molar-refractivity contribution in [2.24, 2.45) is 0 Å². The molecular formula is C14H16NO3P. The Hall–Kier alpha value is -1.48. The highest BCUT2D eigenvalue weighted by Gasteiger charge is 2.24. The molecule has 0 fully saturated rings. The maximum Gasteiger partial charge on any atom is 0.333 e. The lowest BCUT2D eigenvalue weighted by Gasteiger charge is -2.18. The lowest BCUT2D eigenvalue weighted by molar-refractivity contribution is 0.191. The van der Waals surface area contributed by atoms with Gasteiger partial charge in [0.15, 0.2) is 0 Å². The molecular weight excluding hydrogens is 261 g/mol. The van der Waals surface area contributed by atoms with Gasteiger partial charge in [0.1, 0.15) is 0 Å². The smallest absolute Gasteiger partial charge is 0.324 e. The lowest BCUT2D eigenvalue weighted by atomic mass is 10.2. The number of pyridine rings is 1. The second-order valence-electron chi connectivity index (χ2n) is 4.32. The lowest BCUT2D eigenvalue weighted by Crippen LogP contribution is -2.00. The normalized spacial score (nSPS) is 15.7. The zero-order valence-corrected chi connectivity index (χ0v) is 11.5. The van der Waals surface area contributed by atoms with Crippen LogP contribution in [0.2, 0.25) is 0 Å². The Labute approximate surface area is 112 Å². The fourth-order valence-electron chi connectivity index (χ4n) is 1.78. The minimum atomic E-state index is -3.66. The SMILES string of the molecule is CC(OP(=O)(O)Cc1ccccc1)c1cccnc1. The van der Waals surface area contributed by atoms with Crippen molar-refractivity contribution in [3.63, 3.8) is 0 Å². The van der Waals surface area contributed by atoms with E-state index in [1.54, 1.807) is 37.5 Å². The summed E-state index contributed by atoms with van der Waals surface area (Å²) in [5, 5.41) is 0. The quantitative estimate of drug-likeness (QED) is 0.849. The summed E-state index contributed by atoms with van der Waals surface area (Å²) >= 11 is 0. The average Bonchev–Trinajstić information content (AvgIpc) is 2.39. The molecule has 0 saturated carbocycles. The highest BCUT2D eigenvalue weighted by atomic mass is 31.2. The van der Waals surface area contributed by atoms with Crippen molar-refractivity contribution in [3.8, 4) is 0 Å². The third-order valence-corrected chi connectivity index (χ3v) is 4.11. The molecule has 2 rings (SSSR count). The van der Waals surface area contributed by atoms with E-state index in [-0.39, 0.29) is 6.16 Å². The van der Waals surface area contributed by atoms with Gasteiger partial charge in [-0.3, -0.25) is 9.55 Å². The first-order valence-electron chi connectivity index (χ1n) is 6.01. The van der Waals surface area contributed by atoms with E-state index in [9.17, 15) is 9.46 Å². The van der Waals surface area contributed by atoms with Crippen molar-refractivity contribution in [1.82, 2.24) is 4.98 Å². The number of hydrogen-bond acceptors (Lipinski definition) is 3. The van der Waals surface area contributed by atoms with E-state index in [0.717, 1.165) is 11.1 Å². The van der Waals surface area contributed by atoms with Crippen LogP contribution in [0.15, 0.2) is 54.9 Å². The molecule has 100 valence electrons. The highest BCUT2D eigenvalue weighted by molar-refractivity contribution is 7.51. The first-order valence-corrected chi connectivity index (χ1v) is 7.77. The van der Waals surface area contributed by atoms with Crippen LogP contribution in [-0.2, 0) is 15.3 Å². The van der Waals surface area contributed by atoms with Gasteiger partial charge in [0.2, 0.25) is 0 Å². The first kappa shape index (κ1) is 13.9. The van der Waals surface area contributed by atoms with E-state index in [2.05, 4.69) is 4.98 Å². The highest BCUT2D eigenvalue weighted by Crippen LogP contribution is 2.49. The molecule has 5 heteroatoms. The molecule has 0 aliphatic carbocycles. The number of nitrogens with zero attached hydrogens (tertiary/aromatic N) is 1. The Morgan fingerprint density at radius 3 is 2.63 bits per heavy atom. The molecule has 1 aromatic heterocycles. The molecule has 2 aromatic rings. The Morgan fingerprint density at radius 2 is 2.00 bits per heavy atom. The van der Waals surface area contributed by atoms with Crippen LogP contribution >= 0.6 is 7.60 Å². The van der Waals surface area contributed by atoms with Crippen LogP contribution in [-0.4, -0.2) is 9.88 Å². The number of rotatable bonds is 5. The summed E-state index contributed by atoms with van der Waals surface area (Å²) in [5.74, 6) is 0. The molecule has 2 unspecified atom stereocenters. The second kappa shape index (κ2) is 6.11. The minimum absolute atomic E-state index is 0.0123. The second-order valence-corrected chi connectivity index (χ2v) is 6.12. The molecule has 0 amide bonds. The number of hydrogen-bond donors (Lipinski definition) is 1. The van der Waals surface area contributed by atoms with Gasteiger partial charge in [-0.25, -0.2) is 0 Å². The predicted molar refractivity (Wildman–Crippen MR) is 73.7 cm³/mol. The van der Waals surface area contributed by atoms with Crippen molar-refractivity contribution in [2.45, 2.75) is 19.2 Å².